The molecule has 0 aliphatic heterocycles. The van der Waals surface area contributed by atoms with E-state index in [2.05, 4.69) is 55.5 Å². The normalized spacial score (nSPS) is 17.0. The van der Waals surface area contributed by atoms with Gasteiger partial charge >= 0.3 is 0 Å². The topological polar surface area (TPSA) is 46.9 Å². The fourth-order valence-corrected chi connectivity index (χ4v) is 3.88. The standard InChI is InChI=1S/C21H29N3OS/c1-21(2,3)15-8-10-16(11-9-15)24-19-7-5-6-18(17(19)14-22-24)23-20(25)12-13-26-4/h8-11,14,18H,5-7,12-13H2,1-4H3,(H,23,25). The lowest BCUT2D eigenvalue weighted by Crippen LogP contribution is -2.31. The molecule has 0 radical (unpaired) electrons. The van der Waals surface area contributed by atoms with E-state index < -0.39 is 0 Å². The second-order valence-electron chi connectivity index (χ2n) is 8.01. The quantitative estimate of drug-likeness (QED) is 0.846. The molecule has 1 aliphatic rings. The highest BCUT2D eigenvalue weighted by molar-refractivity contribution is 7.98. The van der Waals surface area contributed by atoms with E-state index in [0.717, 1.165) is 30.7 Å². The van der Waals surface area contributed by atoms with Crippen LogP contribution < -0.4 is 5.32 Å². The van der Waals surface area contributed by atoms with Crippen LogP contribution in [0.15, 0.2) is 30.5 Å². The molecule has 140 valence electrons. The Bertz CT molecular complexity index is 759. The van der Waals surface area contributed by atoms with Crippen LogP contribution in [0.5, 0.6) is 0 Å². The number of amides is 1. The molecule has 3 rings (SSSR count). The van der Waals surface area contributed by atoms with E-state index in [4.69, 9.17) is 0 Å². The molecule has 1 aromatic carbocycles. The van der Waals surface area contributed by atoms with E-state index in [-0.39, 0.29) is 17.4 Å². The molecule has 1 N–H and O–H groups in total. The zero-order valence-corrected chi connectivity index (χ0v) is 17.0. The zero-order valence-electron chi connectivity index (χ0n) is 16.2. The first-order chi connectivity index (χ1) is 12.4. The summed E-state index contributed by atoms with van der Waals surface area (Å²) >= 11 is 1.70. The maximum absolute atomic E-state index is 12.1. The highest BCUT2D eigenvalue weighted by atomic mass is 32.2. The lowest BCUT2D eigenvalue weighted by molar-refractivity contribution is -0.121. The highest BCUT2D eigenvalue weighted by Crippen LogP contribution is 2.31. The summed E-state index contributed by atoms with van der Waals surface area (Å²) in [4.78, 5) is 12.1. The first kappa shape index (κ1) is 19.0. The Balaban J connectivity index is 1.81. The number of thioether (sulfide) groups is 1. The molecule has 0 bridgehead atoms. The van der Waals surface area contributed by atoms with E-state index in [1.54, 1.807) is 11.8 Å². The van der Waals surface area contributed by atoms with Gasteiger partial charge in [0.1, 0.15) is 0 Å². The van der Waals surface area contributed by atoms with Crippen LogP contribution in [0.25, 0.3) is 5.69 Å². The van der Waals surface area contributed by atoms with Crippen LogP contribution in [0, 0.1) is 0 Å². The van der Waals surface area contributed by atoms with Crippen molar-refractivity contribution in [2.75, 3.05) is 12.0 Å². The molecule has 2 aromatic rings. The number of carbonyl (C=O) groups excluding carboxylic acids is 1. The Morgan fingerprint density at radius 2 is 2.04 bits per heavy atom. The number of aromatic nitrogens is 2. The second kappa shape index (κ2) is 7.87. The number of carbonyl (C=O) groups is 1. The van der Waals surface area contributed by atoms with Crippen molar-refractivity contribution in [3.63, 3.8) is 0 Å². The predicted molar refractivity (Wildman–Crippen MR) is 109 cm³/mol. The number of hydrogen-bond donors (Lipinski definition) is 1. The van der Waals surface area contributed by atoms with Gasteiger partial charge in [0.05, 0.1) is 17.9 Å². The van der Waals surface area contributed by atoms with Crippen LogP contribution in [-0.4, -0.2) is 27.7 Å². The van der Waals surface area contributed by atoms with Crippen molar-refractivity contribution >= 4 is 17.7 Å². The lowest BCUT2D eigenvalue weighted by Gasteiger charge is -2.24. The van der Waals surface area contributed by atoms with Crippen molar-refractivity contribution in [1.82, 2.24) is 15.1 Å². The van der Waals surface area contributed by atoms with Crippen LogP contribution in [-0.2, 0) is 16.6 Å². The van der Waals surface area contributed by atoms with E-state index in [1.807, 2.05) is 17.1 Å². The number of nitrogens with zero attached hydrogens (tertiary/aromatic N) is 2. The van der Waals surface area contributed by atoms with Gasteiger partial charge in [-0.1, -0.05) is 32.9 Å². The summed E-state index contributed by atoms with van der Waals surface area (Å²) in [6.45, 7) is 6.67. The van der Waals surface area contributed by atoms with Crippen molar-refractivity contribution in [3.05, 3.63) is 47.3 Å². The molecule has 0 saturated carbocycles. The van der Waals surface area contributed by atoms with Gasteiger partial charge in [0.25, 0.3) is 0 Å². The van der Waals surface area contributed by atoms with E-state index in [9.17, 15) is 4.79 Å². The van der Waals surface area contributed by atoms with Crippen molar-refractivity contribution in [2.45, 2.75) is 57.9 Å². The van der Waals surface area contributed by atoms with Gasteiger partial charge in [-0.15, -0.1) is 0 Å². The zero-order chi connectivity index (χ0) is 18.7. The Hall–Kier alpha value is -1.75. The van der Waals surface area contributed by atoms with Gasteiger partial charge in [-0.25, -0.2) is 4.68 Å². The minimum Gasteiger partial charge on any atom is -0.349 e. The molecule has 1 heterocycles. The summed E-state index contributed by atoms with van der Waals surface area (Å²) in [6, 6.07) is 8.76. The molecule has 26 heavy (non-hydrogen) atoms. The number of benzene rings is 1. The number of rotatable bonds is 5. The molecular formula is C21H29N3OS. The van der Waals surface area contributed by atoms with Gasteiger partial charge in [0, 0.05) is 23.4 Å². The van der Waals surface area contributed by atoms with Gasteiger partial charge in [-0.3, -0.25) is 4.79 Å². The molecule has 1 atom stereocenters. The third kappa shape index (κ3) is 4.14. The summed E-state index contributed by atoms with van der Waals surface area (Å²) in [6.07, 6.45) is 7.62. The Morgan fingerprint density at radius 3 is 2.69 bits per heavy atom. The van der Waals surface area contributed by atoms with Crippen molar-refractivity contribution in [2.24, 2.45) is 0 Å². The molecule has 1 unspecified atom stereocenters. The largest absolute Gasteiger partial charge is 0.349 e. The monoisotopic (exact) mass is 371 g/mol. The maximum Gasteiger partial charge on any atom is 0.221 e. The van der Waals surface area contributed by atoms with Crippen LogP contribution >= 0.6 is 11.8 Å². The number of fused-ring (bicyclic) bond motifs is 1. The minimum atomic E-state index is 0.0932. The summed E-state index contributed by atoms with van der Waals surface area (Å²) < 4.78 is 2.04. The Kier molecular flexibility index (Phi) is 5.76. The summed E-state index contributed by atoms with van der Waals surface area (Å²) in [7, 11) is 0. The fourth-order valence-electron chi connectivity index (χ4n) is 3.49. The minimum absolute atomic E-state index is 0.0932. The van der Waals surface area contributed by atoms with Crippen molar-refractivity contribution < 1.29 is 4.79 Å². The first-order valence-electron chi connectivity index (χ1n) is 9.36. The molecule has 1 aromatic heterocycles. The predicted octanol–water partition coefficient (Wildman–Crippen LogP) is 4.42. The first-order valence-corrected chi connectivity index (χ1v) is 10.8. The Morgan fingerprint density at radius 1 is 1.31 bits per heavy atom. The van der Waals surface area contributed by atoms with Gasteiger partial charge in [0.15, 0.2) is 0 Å². The molecule has 0 spiro atoms. The third-order valence-corrected chi connectivity index (χ3v) is 5.64. The Labute approximate surface area is 160 Å². The lowest BCUT2D eigenvalue weighted by atomic mass is 9.87. The van der Waals surface area contributed by atoms with E-state index in [1.165, 1.54) is 16.8 Å². The molecule has 0 fully saturated rings. The molecule has 0 saturated heterocycles. The number of nitrogens with one attached hydrogen (secondary N) is 1. The number of hydrogen-bond acceptors (Lipinski definition) is 3. The van der Waals surface area contributed by atoms with Gasteiger partial charge in [-0.05, 0) is 48.6 Å². The molecule has 4 nitrogen and oxygen atoms in total. The van der Waals surface area contributed by atoms with Crippen LogP contribution in [0.2, 0.25) is 0 Å². The summed E-state index contributed by atoms with van der Waals surface area (Å²) in [5.41, 5.74) is 4.97. The van der Waals surface area contributed by atoms with Crippen molar-refractivity contribution in [1.29, 1.82) is 0 Å². The van der Waals surface area contributed by atoms with Crippen molar-refractivity contribution in [3.8, 4) is 5.69 Å². The van der Waals surface area contributed by atoms with Crippen LogP contribution in [0.1, 0.15) is 62.9 Å². The maximum atomic E-state index is 12.1. The van der Waals surface area contributed by atoms with Crippen LogP contribution in [0.3, 0.4) is 0 Å². The average Bonchev–Trinajstić information content (AvgIpc) is 3.04. The summed E-state index contributed by atoms with van der Waals surface area (Å²) in [5.74, 6) is 1.00. The highest BCUT2D eigenvalue weighted by Gasteiger charge is 2.26. The fraction of sp³-hybridized carbons (Fsp3) is 0.524. The van der Waals surface area contributed by atoms with Gasteiger partial charge in [-0.2, -0.15) is 16.9 Å². The molecular weight excluding hydrogens is 342 g/mol. The van der Waals surface area contributed by atoms with Gasteiger partial charge < -0.3 is 5.32 Å². The average molecular weight is 372 g/mol. The third-order valence-electron chi connectivity index (χ3n) is 5.03. The smallest absolute Gasteiger partial charge is 0.221 e. The summed E-state index contributed by atoms with van der Waals surface area (Å²) in [5, 5.41) is 7.84. The van der Waals surface area contributed by atoms with E-state index >= 15 is 0 Å². The molecule has 1 amide bonds. The van der Waals surface area contributed by atoms with Crippen LogP contribution in [0.4, 0.5) is 0 Å². The van der Waals surface area contributed by atoms with Gasteiger partial charge in [0.2, 0.25) is 5.91 Å². The second-order valence-corrected chi connectivity index (χ2v) is 9.00. The van der Waals surface area contributed by atoms with E-state index in [0.29, 0.717) is 6.42 Å². The molecule has 5 heteroatoms. The SMILES string of the molecule is CSCCC(=O)NC1CCCc2c1cnn2-c1ccc(C(C)(C)C)cc1. The molecule has 1 aliphatic carbocycles.